The Morgan fingerprint density at radius 3 is 2.67 bits per heavy atom. The Labute approximate surface area is 184 Å². The number of benzene rings is 1. The van der Waals surface area contributed by atoms with E-state index in [1.54, 1.807) is 0 Å². The number of hydrogen-bond acceptors (Lipinski definition) is 5. The number of unbranched alkanes of at least 4 members (excludes halogenated alkanes) is 2. The van der Waals surface area contributed by atoms with E-state index in [9.17, 15) is 9.59 Å². The molecule has 6 nitrogen and oxygen atoms in total. The highest BCUT2D eigenvalue weighted by atomic mass is 35.5. The Bertz CT molecular complexity index is 707. The Morgan fingerprint density at radius 2 is 1.93 bits per heavy atom. The first-order valence-electron chi connectivity index (χ1n) is 11.2. The van der Waals surface area contributed by atoms with E-state index in [-0.39, 0.29) is 18.0 Å². The van der Waals surface area contributed by atoms with Crippen molar-refractivity contribution in [3.8, 4) is 0 Å². The first-order valence-corrected chi connectivity index (χ1v) is 11.6. The number of amides is 1. The van der Waals surface area contributed by atoms with Crippen LogP contribution in [-0.4, -0.2) is 61.6 Å². The van der Waals surface area contributed by atoms with Gasteiger partial charge in [-0.1, -0.05) is 24.1 Å². The summed E-state index contributed by atoms with van der Waals surface area (Å²) in [6, 6.07) is 8.37. The van der Waals surface area contributed by atoms with Crippen molar-refractivity contribution in [2.45, 2.75) is 64.0 Å². The highest BCUT2D eigenvalue weighted by molar-refractivity contribution is 6.30. The molecule has 166 valence electrons. The zero-order chi connectivity index (χ0) is 21.3. The maximum atomic E-state index is 12.3. The average Bonchev–Trinajstić information content (AvgIpc) is 3.18. The van der Waals surface area contributed by atoms with Gasteiger partial charge in [-0.15, -0.1) is 0 Å². The molecule has 0 aromatic heterocycles. The minimum absolute atomic E-state index is 0.00455. The molecule has 0 radical (unpaired) electrons. The molecule has 1 aliphatic heterocycles. The molecule has 1 aromatic rings. The van der Waals surface area contributed by atoms with E-state index in [1.165, 1.54) is 12.6 Å². The Morgan fingerprint density at radius 1 is 1.13 bits per heavy atom. The van der Waals surface area contributed by atoms with Gasteiger partial charge < -0.3 is 15.0 Å². The van der Waals surface area contributed by atoms with Crippen molar-refractivity contribution in [2.75, 3.05) is 37.6 Å². The van der Waals surface area contributed by atoms with Crippen LogP contribution in [0.25, 0.3) is 0 Å². The number of carbonyl (C=O) groups is 2. The summed E-state index contributed by atoms with van der Waals surface area (Å²) in [6.07, 6.45) is 6.31. The second kappa shape index (κ2) is 11.6. The number of piperazine rings is 1. The summed E-state index contributed by atoms with van der Waals surface area (Å²) in [5, 5.41) is 3.55. The monoisotopic (exact) mass is 435 g/mol. The summed E-state index contributed by atoms with van der Waals surface area (Å²) >= 11 is 6.14. The van der Waals surface area contributed by atoms with Crippen LogP contribution in [0, 0.1) is 0 Å². The fraction of sp³-hybridized carbons (Fsp3) is 0.652. The van der Waals surface area contributed by atoms with Gasteiger partial charge in [0.05, 0.1) is 0 Å². The van der Waals surface area contributed by atoms with Crippen molar-refractivity contribution in [3.05, 3.63) is 29.3 Å². The maximum Gasteiger partial charge on any atom is 0.306 e. The fourth-order valence-corrected chi connectivity index (χ4v) is 4.69. The molecule has 1 saturated heterocycles. The Kier molecular flexibility index (Phi) is 8.82. The van der Waals surface area contributed by atoms with Crippen LogP contribution in [0.5, 0.6) is 0 Å². The van der Waals surface area contributed by atoms with Crippen molar-refractivity contribution in [2.24, 2.45) is 0 Å². The number of halogens is 1. The standard InChI is InChI=1S/C23H34ClN3O3/c1-18(28)25-12-4-2-3-11-23(29)30-22-10-6-9-21(22)27-15-13-26(14-16-27)20-8-5-7-19(24)17-20/h5,7-8,17,21-22H,2-4,6,9-16H2,1H3,(H,25,28). The number of carbonyl (C=O) groups excluding carboxylic acids is 2. The lowest BCUT2D eigenvalue weighted by molar-refractivity contribution is -0.151. The van der Waals surface area contributed by atoms with Gasteiger partial charge in [-0.25, -0.2) is 0 Å². The number of nitrogens with zero attached hydrogens (tertiary/aromatic N) is 2. The van der Waals surface area contributed by atoms with Crippen LogP contribution in [-0.2, 0) is 14.3 Å². The molecule has 1 heterocycles. The van der Waals surface area contributed by atoms with E-state index in [2.05, 4.69) is 21.2 Å². The van der Waals surface area contributed by atoms with Gasteiger partial charge in [0, 0.05) is 62.8 Å². The van der Waals surface area contributed by atoms with Gasteiger partial charge in [0.1, 0.15) is 6.10 Å². The maximum absolute atomic E-state index is 12.3. The second-order valence-electron chi connectivity index (χ2n) is 8.32. The van der Waals surface area contributed by atoms with Crippen LogP contribution in [0.2, 0.25) is 5.02 Å². The molecule has 1 amide bonds. The van der Waals surface area contributed by atoms with Crippen LogP contribution in [0.3, 0.4) is 0 Å². The molecule has 30 heavy (non-hydrogen) atoms. The summed E-state index contributed by atoms with van der Waals surface area (Å²) in [6.45, 7) is 6.09. The van der Waals surface area contributed by atoms with Crippen LogP contribution < -0.4 is 10.2 Å². The number of rotatable bonds is 9. The molecular formula is C23H34ClN3O3. The lowest BCUT2D eigenvalue weighted by atomic mass is 10.1. The van der Waals surface area contributed by atoms with E-state index >= 15 is 0 Å². The Balaban J connectivity index is 1.38. The number of nitrogens with one attached hydrogen (secondary N) is 1. The van der Waals surface area contributed by atoms with Gasteiger partial charge in [-0.2, -0.15) is 0 Å². The van der Waals surface area contributed by atoms with Crippen LogP contribution in [0.4, 0.5) is 5.69 Å². The molecule has 2 aliphatic rings. The van der Waals surface area contributed by atoms with E-state index < -0.39 is 0 Å². The van der Waals surface area contributed by atoms with E-state index in [1.807, 2.05) is 18.2 Å². The van der Waals surface area contributed by atoms with Crippen molar-refractivity contribution >= 4 is 29.2 Å². The normalized spacial score (nSPS) is 22.1. The third-order valence-corrected chi connectivity index (χ3v) is 6.32. The van der Waals surface area contributed by atoms with Gasteiger partial charge in [-0.05, 0) is 50.3 Å². The average molecular weight is 436 g/mol. The summed E-state index contributed by atoms with van der Waals surface area (Å²) in [7, 11) is 0. The topological polar surface area (TPSA) is 61.9 Å². The van der Waals surface area contributed by atoms with Crippen molar-refractivity contribution in [3.63, 3.8) is 0 Å². The molecule has 2 fully saturated rings. The van der Waals surface area contributed by atoms with Gasteiger partial charge >= 0.3 is 5.97 Å². The molecule has 0 spiro atoms. The molecule has 2 unspecified atom stereocenters. The summed E-state index contributed by atoms with van der Waals surface area (Å²) < 4.78 is 5.87. The number of esters is 1. The second-order valence-corrected chi connectivity index (χ2v) is 8.76. The summed E-state index contributed by atoms with van der Waals surface area (Å²) in [5.74, 6) is -0.0842. The minimum Gasteiger partial charge on any atom is -0.461 e. The number of hydrogen-bond donors (Lipinski definition) is 1. The van der Waals surface area contributed by atoms with Gasteiger partial charge in [0.15, 0.2) is 0 Å². The van der Waals surface area contributed by atoms with Crippen molar-refractivity contribution in [1.82, 2.24) is 10.2 Å². The predicted molar refractivity (Wildman–Crippen MR) is 120 cm³/mol. The van der Waals surface area contributed by atoms with Gasteiger partial charge in [0.2, 0.25) is 5.91 Å². The first kappa shape index (κ1) is 22.9. The molecular weight excluding hydrogens is 402 g/mol. The van der Waals surface area contributed by atoms with Crippen LogP contribution in [0.15, 0.2) is 24.3 Å². The quantitative estimate of drug-likeness (QED) is 0.474. The molecule has 0 bridgehead atoms. The smallest absolute Gasteiger partial charge is 0.306 e. The molecule has 3 rings (SSSR count). The van der Waals surface area contributed by atoms with Crippen molar-refractivity contribution in [1.29, 1.82) is 0 Å². The van der Waals surface area contributed by atoms with Crippen molar-refractivity contribution < 1.29 is 14.3 Å². The van der Waals surface area contributed by atoms with Crippen LogP contribution in [0.1, 0.15) is 51.9 Å². The molecule has 7 heteroatoms. The van der Waals surface area contributed by atoms with Gasteiger partial charge in [0.25, 0.3) is 0 Å². The molecule has 1 aromatic carbocycles. The Hall–Kier alpha value is -1.79. The lowest BCUT2D eigenvalue weighted by Gasteiger charge is -2.40. The third-order valence-electron chi connectivity index (χ3n) is 6.09. The highest BCUT2D eigenvalue weighted by Gasteiger charge is 2.36. The molecule has 1 aliphatic carbocycles. The lowest BCUT2D eigenvalue weighted by Crippen LogP contribution is -2.53. The third kappa shape index (κ3) is 6.88. The van der Waals surface area contributed by atoms with Crippen LogP contribution >= 0.6 is 11.6 Å². The first-order chi connectivity index (χ1) is 14.5. The molecule has 2 atom stereocenters. The number of ether oxygens (including phenoxy) is 1. The number of anilines is 1. The van der Waals surface area contributed by atoms with Gasteiger partial charge in [-0.3, -0.25) is 14.5 Å². The molecule has 1 N–H and O–H groups in total. The summed E-state index contributed by atoms with van der Waals surface area (Å²) in [4.78, 5) is 28.0. The SMILES string of the molecule is CC(=O)NCCCCCC(=O)OC1CCCC1N1CCN(c2cccc(Cl)c2)CC1. The fourth-order valence-electron chi connectivity index (χ4n) is 4.51. The van der Waals surface area contributed by atoms with E-state index in [0.717, 1.165) is 69.7 Å². The zero-order valence-corrected chi connectivity index (χ0v) is 18.7. The molecule has 1 saturated carbocycles. The highest BCUT2D eigenvalue weighted by Crippen LogP contribution is 2.29. The van der Waals surface area contributed by atoms with E-state index in [4.69, 9.17) is 16.3 Å². The zero-order valence-electron chi connectivity index (χ0n) is 17.9. The predicted octanol–water partition coefficient (Wildman–Crippen LogP) is 3.62. The summed E-state index contributed by atoms with van der Waals surface area (Å²) in [5.41, 5.74) is 1.18. The van der Waals surface area contributed by atoms with E-state index in [0.29, 0.717) is 19.0 Å². The largest absolute Gasteiger partial charge is 0.461 e. The minimum atomic E-state index is -0.0796.